The van der Waals surface area contributed by atoms with E-state index < -0.39 is 5.41 Å². The second-order valence-electron chi connectivity index (χ2n) is 10.4. The summed E-state index contributed by atoms with van der Waals surface area (Å²) < 4.78 is 0. The molecule has 1 saturated carbocycles. The minimum atomic E-state index is -0.628. The summed E-state index contributed by atoms with van der Waals surface area (Å²) in [5.41, 5.74) is 2.82. The molecule has 0 aromatic carbocycles. The van der Waals surface area contributed by atoms with Gasteiger partial charge in [0.25, 0.3) is 5.91 Å². The fourth-order valence-electron chi connectivity index (χ4n) is 6.25. The van der Waals surface area contributed by atoms with Gasteiger partial charge in [-0.25, -0.2) is 0 Å². The Hall–Kier alpha value is -3.07. The van der Waals surface area contributed by atoms with E-state index in [0.29, 0.717) is 35.6 Å². The van der Waals surface area contributed by atoms with Gasteiger partial charge in [0.15, 0.2) is 5.82 Å². The van der Waals surface area contributed by atoms with Gasteiger partial charge >= 0.3 is 0 Å². The van der Waals surface area contributed by atoms with Crippen molar-refractivity contribution < 1.29 is 4.79 Å². The third-order valence-corrected chi connectivity index (χ3v) is 10.5. The Morgan fingerprint density at radius 2 is 2.22 bits per heavy atom. The number of rotatable bonds is 8. The molecule has 0 bridgehead atoms. The lowest BCUT2D eigenvalue weighted by atomic mass is 9.76. The van der Waals surface area contributed by atoms with Gasteiger partial charge in [0.2, 0.25) is 0 Å². The van der Waals surface area contributed by atoms with Crippen molar-refractivity contribution in [3.8, 4) is 6.07 Å². The normalized spacial score (nSPS) is 26.4. The predicted molar refractivity (Wildman–Crippen MR) is 142 cm³/mol. The molecule has 192 valence electrons. The highest BCUT2D eigenvalue weighted by atomic mass is 32.1. The first-order valence-electron chi connectivity index (χ1n) is 12.7. The third kappa shape index (κ3) is 3.98. The van der Waals surface area contributed by atoms with Crippen LogP contribution in [-0.4, -0.2) is 63.1 Å². The van der Waals surface area contributed by atoms with Gasteiger partial charge in [-0.15, -0.1) is 32.9 Å². The summed E-state index contributed by atoms with van der Waals surface area (Å²) in [5.74, 6) is 1.20. The van der Waals surface area contributed by atoms with Crippen LogP contribution in [0.5, 0.6) is 0 Å². The average Bonchev–Trinajstić information content (AvgIpc) is 3.43. The molecule has 0 radical (unpaired) electrons. The summed E-state index contributed by atoms with van der Waals surface area (Å²) >= 11 is 3.25. The molecule has 3 N–H and O–H groups in total. The van der Waals surface area contributed by atoms with Crippen molar-refractivity contribution in [2.45, 2.75) is 62.6 Å². The molecule has 1 amide bonds. The van der Waals surface area contributed by atoms with Crippen LogP contribution in [0, 0.1) is 17.2 Å². The van der Waals surface area contributed by atoms with Gasteiger partial charge in [0.1, 0.15) is 11.5 Å². The quantitative estimate of drug-likeness (QED) is 0.406. The Balaban J connectivity index is 1.34. The third-order valence-electron chi connectivity index (χ3n) is 8.06. The van der Waals surface area contributed by atoms with Crippen LogP contribution in [0.4, 0.5) is 0 Å². The number of carbonyl (C=O) groups excluding carboxylic acids is 1. The second kappa shape index (κ2) is 9.35. The molecular formula is C26H30N8OS2. The molecule has 4 heterocycles. The number of amides is 1. The topological polar surface area (TPSA) is 123 Å². The van der Waals surface area contributed by atoms with Crippen molar-refractivity contribution in [2.24, 2.45) is 5.92 Å². The summed E-state index contributed by atoms with van der Waals surface area (Å²) in [6.07, 6.45) is 4.58. The standard InChI is InChI=1S/C26H30N8OS2/c1-14(29-13-15(2)34-19(12-27)8-18-9-20(18)34)11-26(25-30-32-33-31-25)22-16(6-7-36-22)4-5-17-10-21(24(35)28-3)37-23(17)26/h6-7,10,14,18-20,29H,2,4-5,8-9,11,13H2,1,3H3,(H,28,35)(H,30,31,32,33)/t14-,18+,19?,20-,26?/m0/s1. The molecule has 11 heteroatoms. The number of aromatic amines is 1. The molecule has 5 atom stereocenters. The smallest absolute Gasteiger partial charge is 0.261 e. The number of carbonyl (C=O) groups is 1. The molecule has 2 fully saturated rings. The number of hydrogen-bond donors (Lipinski definition) is 3. The van der Waals surface area contributed by atoms with E-state index in [1.807, 2.05) is 6.07 Å². The molecule has 1 aliphatic heterocycles. The molecule has 2 aliphatic carbocycles. The van der Waals surface area contributed by atoms with E-state index in [1.54, 1.807) is 18.4 Å². The molecule has 3 aromatic heterocycles. The first-order valence-corrected chi connectivity index (χ1v) is 14.4. The van der Waals surface area contributed by atoms with E-state index >= 15 is 0 Å². The first-order chi connectivity index (χ1) is 18.0. The number of thiophene rings is 2. The summed E-state index contributed by atoms with van der Waals surface area (Å²) in [4.78, 5) is 17.9. The van der Waals surface area contributed by atoms with Crippen LogP contribution in [0.2, 0.25) is 0 Å². The Morgan fingerprint density at radius 1 is 1.38 bits per heavy atom. The zero-order valence-electron chi connectivity index (χ0n) is 21.0. The molecule has 3 aromatic rings. The number of nitrogens with one attached hydrogen (secondary N) is 3. The number of nitriles is 1. The number of H-pyrrole nitrogens is 1. The molecule has 9 nitrogen and oxygen atoms in total. The molecule has 1 saturated heterocycles. The lowest BCUT2D eigenvalue weighted by Gasteiger charge is -2.34. The van der Waals surface area contributed by atoms with Gasteiger partial charge in [0.05, 0.1) is 10.9 Å². The van der Waals surface area contributed by atoms with E-state index in [9.17, 15) is 10.1 Å². The second-order valence-corrected chi connectivity index (χ2v) is 12.3. The lowest BCUT2D eigenvalue weighted by Crippen LogP contribution is -2.42. The number of hydrogen-bond acceptors (Lipinski definition) is 9. The monoisotopic (exact) mass is 534 g/mol. The lowest BCUT2D eigenvalue weighted by molar-refractivity contribution is 0.0967. The first kappa shape index (κ1) is 24.3. The van der Waals surface area contributed by atoms with Crippen LogP contribution in [0.3, 0.4) is 0 Å². The fraction of sp³-hybridized carbons (Fsp3) is 0.500. The zero-order chi connectivity index (χ0) is 25.7. The highest BCUT2D eigenvalue weighted by molar-refractivity contribution is 7.15. The van der Waals surface area contributed by atoms with E-state index in [-0.39, 0.29) is 18.0 Å². The molecule has 2 unspecified atom stereocenters. The summed E-state index contributed by atoms with van der Waals surface area (Å²) in [6.45, 7) is 7.13. The molecule has 37 heavy (non-hydrogen) atoms. The van der Waals surface area contributed by atoms with Crippen molar-refractivity contribution in [3.63, 3.8) is 0 Å². The number of tetrazole rings is 1. The van der Waals surface area contributed by atoms with Crippen molar-refractivity contribution >= 4 is 28.6 Å². The van der Waals surface area contributed by atoms with Gasteiger partial charge in [-0.1, -0.05) is 11.8 Å². The van der Waals surface area contributed by atoms with Crippen molar-refractivity contribution in [1.29, 1.82) is 5.26 Å². The Kier molecular flexibility index (Phi) is 6.13. The number of nitrogens with zero attached hydrogens (tertiary/aromatic N) is 5. The minimum Gasteiger partial charge on any atom is -0.355 e. The van der Waals surface area contributed by atoms with Gasteiger partial charge in [0, 0.05) is 41.1 Å². The average molecular weight is 535 g/mol. The maximum absolute atomic E-state index is 12.6. The van der Waals surface area contributed by atoms with Crippen molar-refractivity contribution in [3.05, 3.63) is 61.4 Å². The summed E-state index contributed by atoms with van der Waals surface area (Å²) in [7, 11) is 1.66. The number of piperidine rings is 1. The maximum atomic E-state index is 12.6. The summed E-state index contributed by atoms with van der Waals surface area (Å²) in [5, 5.41) is 33.9. The van der Waals surface area contributed by atoms with E-state index in [1.165, 1.54) is 33.8 Å². The van der Waals surface area contributed by atoms with Crippen LogP contribution in [0.25, 0.3) is 0 Å². The van der Waals surface area contributed by atoms with Crippen LogP contribution in [-0.2, 0) is 18.3 Å². The van der Waals surface area contributed by atoms with Gasteiger partial charge in [-0.3, -0.25) is 4.79 Å². The molecule has 6 rings (SSSR count). The minimum absolute atomic E-state index is 0.0635. The Labute approximate surface area is 224 Å². The molecule has 0 spiro atoms. The highest BCUT2D eigenvalue weighted by Gasteiger charge is 2.52. The molecular weight excluding hydrogens is 504 g/mol. The summed E-state index contributed by atoms with van der Waals surface area (Å²) in [6, 6.07) is 7.18. The van der Waals surface area contributed by atoms with Crippen LogP contribution >= 0.6 is 22.7 Å². The number of likely N-dealkylation sites (tertiary alicyclic amines) is 1. The van der Waals surface area contributed by atoms with Crippen LogP contribution in [0.1, 0.15) is 62.6 Å². The Bertz CT molecular complexity index is 1370. The maximum Gasteiger partial charge on any atom is 0.261 e. The van der Waals surface area contributed by atoms with E-state index in [2.05, 4.69) is 67.2 Å². The Morgan fingerprint density at radius 3 is 2.97 bits per heavy atom. The molecule has 3 aliphatic rings. The van der Waals surface area contributed by atoms with Gasteiger partial charge in [-0.2, -0.15) is 10.5 Å². The van der Waals surface area contributed by atoms with E-state index in [4.69, 9.17) is 0 Å². The van der Waals surface area contributed by atoms with Crippen molar-refractivity contribution in [2.75, 3.05) is 13.6 Å². The van der Waals surface area contributed by atoms with Gasteiger partial charge in [-0.05, 0) is 73.6 Å². The van der Waals surface area contributed by atoms with Crippen molar-refractivity contribution in [1.82, 2.24) is 36.2 Å². The van der Waals surface area contributed by atoms with Gasteiger partial charge < -0.3 is 15.5 Å². The zero-order valence-corrected chi connectivity index (χ0v) is 22.6. The highest BCUT2D eigenvalue weighted by Crippen LogP contribution is 2.52. The largest absolute Gasteiger partial charge is 0.355 e. The predicted octanol–water partition coefficient (Wildman–Crippen LogP) is 2.98. The van der Waals surface area contributed by atoms with Crippen LogP contribution < -0.4 is 10.6 Å². The van der Waals surface area contributed by atoms with Crippen LogP contribution in [0.15, 0.2) is 29.8 Å². The number of fused-ring (bicyclic) bond motifs is 3. The van der Waals surface area contributed by atoms with E-state index in [0.717, 1.165) is 29.8 Å². The SMILES string of the molecule is C=C(CN[C@@H](C)CC1(c2nn[nH]n2)c2sccc2CCc2cc(C(=O)NC)sc21)N1C(C#N)C[C@@H]2C[C@@H]21. The fourth-order valence-corrected chi connectivity index (χ4v) is 8.85. The number of aromatic nitrogens is 4. The number of aryl methyl sites for hydroxylation is 2.